The van der Waals surface area contributed by atoms with Gasteiger partial charge in [-0.2, -0.15) is 0 Å². The van der Waals surface area contributed by atoms with Crippen LogP contribution in [-0.4, -0.2) is 22.6 Å². The van der Waals surface area contributed by atoms with Crippen molar-refractivity contribution in [1.29, 1.82) is 0 Å². The average Bonchev–Trinajstić information content (AvgIpc) is 2.84. The topological polar surface area (TPSA) is 84.6 Å². The molecular weight excluding hydrogens is 248 g/mol. The van der Waals surface area contributed by atoms with Crippen LogP contribution in [0.2, 0.25) is 0 Å². The highest BCUT2D eigenvalue weighted by Crippen LogP contribution is 2.13. The molecule has 0 saturated heterocycles. The molecule has 5 nitrogen and oxygen atoms in total. The summed E-state index contributed by atoms with van der Waals surface area (Å²) in [5, 5.41) is 8.44. The van der Waals surface area contributed by atoms with E-state index in [0.717, 1.165) is 0 Å². The zero-order chi connectivity index (χ0) is 14.8. The summed E-state index contributed by atoms with van der Waals surface area (Å²) in [6.07, 6.45) is 0.551. The number of ketones is 2. The number of rotatable bonds is 7. The van der Waals surface area contributed by atoms with Crippen molar-refractivity contribution < 1.29 is 23.9 Å². The van der Waals surface area contributed by atoms with Gasteiger partial charge in [-0.3, -0.25) is 9.59 Å². The third-order valence-corrected chi connectivity index (χ3v) is 2.23. The quantitative estimate of drug-likeness (QED) is 0.768. The molecule has 0 aliphatic rings. The summed E-state index contributed by atoms with van der Waals surface area (Å²) in [6.45, 7) is 5.49. The molecule has 0 spiro atoms. The lowest BCUT2D eigenvalue weighted by atomic mass is 10.2. The molecule has 1 N–H and O–H groups in total. The molecular formula is C14H20O5. The zero-order valence-electron chi connectivity index (χ0n) is 11.6. The number of hydrogen-bond donors (Lipinski definition) is 1. The van der Waals surface area contributed by atoms with Gasteiger partial charge in [0.15, 0.2) is 11.5 Å². The lowest BCUT2D eigenvalue weighted by Gasteiger charge is -1.95. The van der Waals surface area contributed by atoms with E-state index < -0.39 is 5.97 Å². The fourth-order valence-corrected chi connectivity index (χ4v) is 1.31. The number of carbonyl (C=O) groups excluding carboxylic acids is 2. The first-order valence-corrected chi connectivity index (χ1v) is 6.32. The summed E-state index contributed by atoms with van der Waals surface area (Å²) in [7, 11) is 0. The molecule has 0 saturated carbocycles. The van der Waals surface area contributed by atoms with Gasteiger partial charge in [0.25, 0.3) is 0 Å². The van der Waals surface area contributed by atoms with Crippen molar-refractivity contribution in [3.8, 4) is 0 Å². The Labute approximate surface area is 112 Å². The largest absolute Gasteiger partial charge is 0.481 e. The molecule has 0 radical (unpaired) electrons. The number of carboxylic acid groups (broad SMARTS) is 1. The minimum Gasteiger partial charge on any atom is -0.481 e. The van der Waals surface area contributed by atoms with E-state index in [1.54, 1.807) is 6.07 Å². The van der Waals surface area contributed by atoms with Crippen molar-refractivity contribution in [2.45, 2.75) is 46.5 Å². The SMILES string of the molecule is CC.CC(=O)CCc1ccc(C(=O)CCC(=O)O)o1. The summed E-state index contributed by atoms with van der Waals surface area (Å²) >= 11 is 0. The van der Waals surface area contributed by atoms with Crippen LogP contribution in [0.4, 0.5) is 0 Å². The van der Waals surface area contributed by atoms with Crippen LogP contribution in [0.25, 0.3) is 0 Å². The Hall–Kier alpha value is -1.91. The minimum atomic E-state index is -1.01. The number of furan rings is 1. The Balaban J connectivity index is 0.00000154. The third kappa shape index (κ3) is 7.18. The summed E-state index contributed by atoms with van der Waals surface area (Å²) in [5.41, 5.74) is 0. The first kappa shape index (κ1) is 17.1. The van der Waals surface area contributed by atoms with E-state index in [1.807, 2.05) is 13.8 Å². The van der Waals surface area contributed by atoms with Crippen molar-refractivity contribution in [2.75, 3.05) is 0 Å². The van der Waals surface area contributed by atoms with Gasteiger partial charge in [-0.1, -0.05) is 13.8 Å². The van der Waals surface area contributed by atoms with Gasteiger partial charge in [0.2, 0.25) is 0 Å². The second-order valence-corrected chi connectivity index (χ2v) is 3.78. The average molecular weight is 268 g/mol. The second-order valence-electron chi connectivity index (χ2n) is 3.78. The standard InChI is InChI=1S/C12H14O5.C2H6/c1-8(13)2-3-9-4-6-11(17-9)10(14)5-7-12(15)16;1-2/h4,6H,2-3,5,7H2,1H3,(H,15,16);1-2H3. The molecule has 1 rings (SSSR count). The highest BCUT2D eigenvalue weighted by molar-refractivity contribution is 5.95. The van der Waals surface area contributed by atoms with Gasteiger partial charge in [-0.25, -0.2) is 0 Å². The predicted octanol–water partition coefficient (Wildman–Crippen LogP) is 2.87. The first-order valence-electron chi connectivity index (χ1n) is 6.32. The third-order valence-electron chi connectivity index (χ3n) is 2.23. The van der Waals surface area contributed by atoms with Crippen molar-refractivity contribution in [3.05, 3.63) is 23.7 Å². The predicted molar refractivity (Wildman–Crippen MR) is 70.3 cm³/mol. The Morgan fingerprint density at radius 2 is 1.74 bits per heavy atom. The minimum absolute atomic E-state index is 0.0557. The highest BCUT2D eigenvalue weighted by atomic mass is 16.4. The number of Topliss-reactive ketones (excluding diaryl/α,β-unsaturated/α-hetero) is 2. The summed E-state index contributed by atoms with van der Waals surface area (Å²) < 4.78 is 5.23. The molecule has 0 unspecified atom stereocenters. The number of carboxylic acids is 1. The van der Waals surface area contributed by atoms with Gasteiger partial charge < -0.3 is 14.3 Å². The molecule has 0 amide bonds. The molecule has 1 heterocycles. The maximum atomic E-state index is 11.5. The van der Waals surface area contributed by atoms with Gasteiger partial charge in [-0.15, -0.1) is 0 Å². The normalized spacial score (nSPS) is 9.42. The number of aryl methyl sites for hydroxylation is 1. The molecule has 106 valence electrons. The van der Waals surface area contributed by atoms with Crippen LogP contribution in [0.15, 0.2) is 16.5 Å². The summed E-state index contributed by atoms with van der Waals surface area (Å²) in [5.74, 6) is -0.563. The van der Waals surface area contributed by atoms with Gasteiger partial charge in [0.1, 0.15) is 11.5 Å². The molecule has 0 aromatic carbocycles. The van der Waals surface area contributed by atoms with Crippen LogP contribution in [0.5, 0.6) is 0 Å². The van der Waals surface area contributed by atoms with Crippen molar-refractivity contribution >= 4 is 17.5 Å². The maximum Gasteiger partial charge on any atom is 0.303 e. The Morgan fingerprint density at radius 3 is 2.26 bits per heavy atom. The fourth-order valence-electron chi connectivity index (χ4n) is 1.31. The number of carbonyl (C=O) groups is 3. The van der Waals surface area contributed by atoms with Crippen LogP contribution in [0, 0.1) is 0 Å². The Bertz CT molecular complexity index is 431. The van der Waals surface area contributed by atoms with E-state index in [0.29, 0.717) is 18.6 Å². The van der Waals surface area contributed by atoms with Crippen LogP contribution >= 0.6 is 0 Å². The van der Waals surface area contributed by atoms with E-state index in [2.05, 4.69) is 0 Å². The first-order chi connectivity index (χ1) is 8.99. The Kier molecular flexibility index (Phi) is 8.17. The van der Waals surface area contributed by atoms with Crippen LogP contribution < -0.4 is 0 Å². The highest BCUT2D eigenvalue weighted by Gasteiger charge is 2.13. The van der Waals surface area contributed by atoms with Crippen LogP contribution in [0.3, 0.4) is 0 Å². The van der Waals surface area contributed by atoms with Gasteiger partial charge in [0, 0.05) is 19.3 Å². The van der Waals surface area contributed by atoms with Crippen molar-refractivity contribution in [1.82, 2.24) is 0 Å². The van der Waals surface area contributed by atoms with Crippen molar-refractivity contribution in [3.63, 3.8) is 0 Å². The lowest BCUT2D eigenvalue weighted by Crippen LogP contribution is -2.02. The van der Waals surface area contributed by atoms with E-state index in [1.165, 1.54) is 13.0 Å². The van der Waals surface area contributed by atoms with Gasteiger partial charge >= 0.3 is 5.97 Å². The Morgan fingerprint density at radius 1 is 1.11 bits per heavy atom. The van der Waals surface area contributed by atoms with E-state index >= 15 is 0 Å². The van der Waals surface area contributed by atoms with E-state index in [-0.39, 0.29) is 30.2 Å². The smallest absolute Gasteiger partial charge is 0.303 e. The molecule has 5 heteroatoms. The number of aliphatic carboxylic acids is 1. The maximum absolute atomic E-state index is 11.5. The van der Waals surface area contributed by atoms with Gasteiger partial charge in [0.05, 0.1) is 6.42 Å². The summed E-state index contributed by atoms with van der Waals surface area (Å²) in [4.78, 5) is 32.5. The molecule has 19 heavy (non-hydrogen) atoms. The molecule has 0 aliphatic carbocycles. The van der Waals surface area contributed by atoms with E-state index in [9.17, 15) is 14.4 Å². The second kappa shape index (κ2) is 9.08. The monoisotopic (exact) mass is 268 g/mol. The zero-order valence-corrected chi connectivity index (χ0v) is 11.6. The molecule has 1 aromatic heterocycles. The fraction of sp³-hybridized carbons (Fsp3) is 0.500. The summed E-state index contributed by atoms with van der Waals surface area (Å²) in [6, 6.07) is 3.15. The molecule has 0 fully saturated rings. The molecule has 1 aromatic rings. The number of hydrogen-bond acceptors (Lipinski definition) is 4. The van der Waals surface area contributed by atoms with Crippen LogP contribution in [-0.2, 0) is 16.0 Å². The molecule has 0 bridgehead atoms. The van der Waals surface area contributed by atoms with Gasteiger partial charge in [-0.05, 0) is 19.1 Å². The van der Waals surface area contributed by atoms with Crippen molar-refractivity contribution in [2.24, 2.45) is 0 Å². The van der Waals surface area contributed by atoms with E-state index in [4.69, 9.17) is 9.52 Å². The molecule has 0 aliphatic heterocycles. The van der Waals surface area contributed by atoms with Crippen LogP contribution in [0.1, 0.15) is 56.3 Å². The molecule has 0 atom stereocenters. The lowest BCUT2D eigenvalue weighted by molar-refractivity contribution is -0.137.